The Morgan fingerprint density at radius 1 is 1.14 bits per heavy atom. The molecule has 1 aliphatic heterocycles. The van der Waals surface area contributed by atoms with Crippen molar-refractivity contribution in [1.82, 2.24) is 0 Å². The van der Waals surface area contributed by atoms with E-state index in [0.717, 1.165) is 0 Å². The van der Waals surface area contributed by atoms with Crippen LogP contribution in [-0.4, -0.2) is 64.3 Å². The first-order valence-electron chi connectivity index (χ1n) is 4.54. The zero-order valence-electron chi connectivity index (χ0n) is 7.91. The molecule has 1 fully saturated rings. The molecule has 6 nitrogen and oxygen atoms in total. The monoisotopic (exact) mass is 208 g/mol. The average molecular weight is 208 g/mol. The van der Waals surface area contributed by atoms with Gasteiger partial charge in [0.25, 0.3) is 0 Å². The summed E-state index contributed by atoms with van der Waals surface area (Å²) in [4.78, 5) is 0. The highest BCUT2D eigenvalue weighted by atomic mass is 16.7. The molecule has 6 heteroatoms. The van der Waals surface area contributed by atoms with E-state index < -0.39 is 37.3 Å². The lowest BCUT2D eigenvalue weighted by atomic mass is 9.99. The molecular weight excluding hydrogens is 192 g/mol. The highest BCUT2D eigenvalue weighted by Gasteiger charge is 2.43. The van der Waals surface area contributed by atoms with Crippen molar-refractivity contribution in [3.8, 4) is 0 Å². The fourth-order valence-corrected chi connectivity index (χ4v) is 1.37. The van der Waals surface area contributed by atoms with Crippen molar-refractivity contribution in [1.29, 1.82) is 0 Å². The molecule has 0 spiro atoms. The Morgan fingerprint density at radius 3 is 2.29 bits per heavy atom. The van der Waals surface area contributed by atoms with Gasteiger partial charge in [-0.1, -0.05) is 0 Å². The summed E-state index contributed by atoms with van der Waals surface area (Å²) in [7, 11) is 0. The van der Waals surface area contributed by atoms with Crippen molar-refractivity contribution < 1.29 is 29.9 Å². The number of hydrogen-bond acceptors (Lipinski definition) is 6. The lowest BCUT2D eigenvalue weighted by Gasteiger charge is -2.39. The minimum atomic E-state index is -1.36. The van der Waals surface area contributed by atoms with Gasteiger partial charge >= 0.3 is 0 Å². The van der Waals surface area contributed by atoms with Crippen LogP contribution in [0.15, 0.2) is 0 Å². The summed E-state index contributed by atoms with van der Waals surface area (Å²) in [6.45, 7) is 1.58. The quantitative estimate of drug-likeness (QED) is 0.421. The zero-order valence-corrected chi connectivity index (χ0v) is 7.91. The topological polar surface area (TPSA) is 99.4 Å². The van der Waals surface area contributed by atoms with E-state index in [1.165, 1.54) is 0 Å². The third kappa shape index (κ3) is 2.22. The van der Waals surface area contributed by atoms with Gasteiger partial charge in [-0.2, -0.15) is 0 Å². The van der Waals surface area contributed by atoms with Crippen LogP contribution in [0.4, 0.5) is 0 Å². The molecule has 5 atom stereocenters. The Balaban J connectivity index is 2.63. The van der Waals surface area contributed by atoms with Crippen LogP contribution < -0.4 is 0 Å². The predicted molar refractivity (Wildman–Crippen MR) is 45.4 cm³/mol. The Labute approximate surface area is 81.7 Å². The van der Waals surface area contributed by atoms with E-state index in [4.69, 9.17) is 14.6 Å². The number of hydrogen-bond donors (Lipinski definition) is 4. The SMILES string of the molecule is CCO[C@H]1OC(CO)[C@H](O)C(O)C1O. The standard InChI is InChI=1S/C8H16O6/c1-2-13-8-7(12)6(11)5(10)4(3-9)14-8/h4-12H,2-3H2,1H3/t4?,5-,6?,7?,8-/m0/s1. The average Bonchev–Trinajstić information content (AvgIpc) is 2.19. The van der Waals surface area contributed by atoms with Crippen molar-refractivity contribution in [2.45, 2.75) is 37.6 Å². The summed E-state index contributed by atoms with van der Waals surface area (Å²) in [6, 6.07) is 0. The van der Waals surface area contributed by atoms with Crippen molar-refractivity contribution >= 4 is 0 Å². The van der Waals surface area contributed by atoms with Crippen LogP contribution >= 0.6 is 0 Å². The first-order valence-corrected chi connectivity index (χ1v) is 4.54. The Hall–Kier alpha value is -0.240. The molecule has 0 saturated carbocycles. The summed E-state index contributed by atoms with van der Waals surface area (Å²) in [5, 5.41) is 36.9. The van der Waals surface area contributed by atoms with Crippen molar-refractivity contribution in [2.75, 3.05) is 13.2 Å². The van der Waals surface area contributed by atoms with Gasteiger partial charge in [0.1, 0.15) is 24.4 Å². The minimum absolute atomic E-state index is 0.308. The third-order valence-corrected chi connectivity index (χ3v) is 2.18. The molecular formula is C8H16O6. The van der Waals surface area contributed by atoms with Crippen LogP contribution in [0.25, 0.3) is 0 Å². The fourth-order valence-electron chi connectivity index (χ4n) is 1.37. The molecule has 4 N–H and O–H groups in total. The number of rotatable bonds is 3. The second kappa shape index (κ2) is 5.01. The predicted octanol–water partition coefficient (Wildman–Crippen LogP) is -2.18. The normalized spacial score (nSPS) is 43.9. The minimum Gasteiger partial charge on any atom is -0.394 e. The lowest BCUT2D eigenvalue weighted by molar-refractivity contribution is -0.300. The summed E-state index contributed by atoms with van der Waals surface area (Å²) < 4.78 is 10.0. The summed E-state index contributed by atoms with van der Waals surface area (Å²) in [5.41, 5.74) is 0. The van der Waals surface area contributed by atoms with Crippen LogP contribution in [0.1, 0.15) is 6.92 Å². The molecule has 3 unspecified atom stereocenters. The van der Waals surface area contributed by atoms with Gasteiger partial charge in [-0.3, -0.25) is 0 Å². The Kier molecular flexibility index (Phi) is 4.24. The van der Waals surface area contributed by atoms with Crippen molar-refractivity contribution in [3.63, 3.8) is 0 Å². The second-order valence-electron chi connectivity index (χ2n) is 3.15. The van der Waals surface area contributed by atoms with E-state index in [2.05, 4.69) is 0 Å². The van der Waals surface area contributed by atoms with Crippen molar-refractivity contribution in [3.05, 3.63) is 0 Å². The molecule has 1 heterocycles. The molecule has 0 amide bonds. The summed E-state index contributed by atoms with van der Waals surface area (Å²) in [5.74, 6) is 0. The first-order chi connectivity index (χ1) is 6.61. The number of aliphatic hydroxyl groups excluding tert-OH is 4. The van der Waals surface area contributed by atoms with Crippen LogP contribution in [0.5, 0.6) is 0 Å². The first kappa shape index (κ1) is 11.8. The summed E-state index contributed by atoms with van der Waals surface area (Å²) in [6.07, 6.45) is -5.89. The van der Waals surface area contributed by atoms with E-state index in [9.17, 15) is 15.3 Å². The number of aliphatic hydroxyl groups is 4. The smallest absolute Gasteiger partial charge is 0.186 e. The van der Waals surface area contributed by atoms with Gasteiger partial charge in [-0.25, -0.2) is 0 Å². The highest BCUT2D eigenvalue weighted by molar-refractivity contribution is 4.88. The maximum Gasteiger partial charge on any atom is 0.186 e. The van der Waals surface area contributed by atoms with E-state index in [1.54, 1.807) is 6.92 Å². The summed E-state index contributed by atoms with van der Waals surface area (Å²) >= 11 is 0. The largest absolute Gasteiger partial charge is 0.394 e. The van der Waals surface area contributed by atoms with Crippen LogP contribution in [0.3, 0.4) is 0 Å². The fraction of sp³-hybridized carbons (Fsp3) is 1.00. The molecule has 0 aromatic rings. The molecule has 1 rings (SSSR count). The molecule has 0 bridgehead atoms. The second-order valence-corrected chi connectivity index (χ2v) is 3.15. The van der Waals surface area contributed by atoms with Gasteiger partial charge in [0, 0.05) is 6.61 Å². The number of ether oxygens (including phenoxy) is 2. The van der Waals surface area contributed by atoms with Gasteiger partial charge in [-0.15, -0.1) is 0 Å². The Bertz CT molecular complexity index is 171. The van der Waals surface area contributed by atoms with E-state index in [0.29, 0.717) is 6.61 Å². The molecule has 0 aromatic carbocycles. The van der Waals surface area contributed by atoms with E-state index in [1.807, 2.05) is 0 Å². The van der Waals surface area contributed by atoms with E-state index in [-0.39, 0.29) is 0 Å². The van der Waals surface area contributed by atoms with Crippen LogP contribution in [0, 0.1) is 0 Å². The molecule has 84 valence electrons. The van der Waals surface area contributed by atoms with Gasteiger partial charge < -0.3 is 29.9 Å². The van der Waals surface area contributed by atoms with Gasteiger partial charge in [0.15, 0.2) is 6.29 Å². The van der Waals surface area contributed by atoms with Gasteiger partial charge in [-0.05, 0) is 6.92 Å². The maximum atomic E-state index is 9.41. The molecule has 1 saturated heterocycles. The maximum absolute atomic E-state index is 9.41. The molecule has 14 heavy (non-hydrogen) atoms. The lowest BCUT2D eigenvalue weighted by Crippen LogP contribution is -2.59. The molecule has 0 aliphatic carbocycles. The van der Waals surface area contributed by atoms with Crippen LogP contribution in [0.2, 0.25) is 0 Å². The molecule has 0 radical (unpaired) electrons. The van der Waals surface area contributed by atoms with Crippen LogP contribution in [-0.2, 0) is 9.47 Å². The van der Waals surface area contributed by atoms with E-state index >= 15 is 0 Å². The zero-order chi connectivity index (χ0) is 10.7. The van der Waals surface area contributed by atoms with Gasteiger partial charge in [0.2, 0.25) is 0 Å². The van der Waals surface area contributed by atoms with Crippen molar-refractivity contribution in [2.24, 2.45) is 0 Å². The molecule has 1 aliphatic rings. The third-order valence-electron chi connectivity index (χ3n) is 2.18. The molecule has 0 aromatic heterocycles. The van der Waals surface area contributed by atoms with Gasteiger partial charge in [0.05, 0.1) is 6.61 Å². The highest BCUT2D eigenvalue weighted by Crippen LogP contribution is 2.21. The Morgan fingerprint density at radius 2 is 1.79 bits per heavy atom.